The van der Waals surface area contributed by atoms with Crippen molar-refractivity contribution in [2.24, 2.45) is 0 Å². The first-order chi connectivity index (χ1) is 9.97. The summed E-state index contributed by atoms with van der Waals surface area (Å²) in [5.41, 5.74) is 3.20. The zero-order chi connectivity index (χ0) is 15.4. The first kappa shape index (κ1) is 15.6. The molecule has 4 heteroatoms. The van der Waals surface area contributed by atoms with Crippen LogP contribution in [0.1, 0.15) is 24.0 Å². The van der Waals surface area contributed by atoms with Gasteiger partial charge in [-0.1, -0.05) is 11.6 Å². The molecule has 1 aliphatic rings. The van der Waals surface area contributed by atoms with Gasteiger partial charge in [0.2, 0.25) is 0 Å². The Labute approximate surface area is 126 Å². The second kappa shape index (κ2) is 6.76. The number of hydrogen-bond acceptors (Lipinski definition) is 3. The number of anilines is 1. The van der Waals surface area contributed by atoms with Crippen LogP contribution in [0.15, 0.2) is 24.3 Å². The Morgan fingerprint density at radius 3 is 2.90 bits per heavy atom. The van der Waals surface area contributed by atoms with Crippen LogP contribution in [0.25, 0.3) is 6.08 Å². The van der Waals surface area contributed by atoms with Gasteiger partial charge in [0.1, 0.15) is 0 Å². The predicted octanol–water partition coefficient (Wildman–Crippen LogP) is 2.62. The molecule has 114 valence electrons. The lowest BCUT2D eigenvalue weighted by molar-refractivity contribution is -0.131. The van der Waals surface area contributed by atoms with E-state index in [4.69, 9.17) is 5.11 Å². The Bertz CT molecular complexity index is 540. The van der Waals surface area contributed by atoms with Gasteiger partial charge in [0.05, 0.1) is 0 Å². The van der Waals surface area contributed by atoms with Crippen LogP contribution in [0.2, 0.25) is 0 Å². The van der Waals surface area contributed by atoms with Crippen LogP contribution in [-0.2, 0) is 4.79 Å². The third-order valence-corrected chi connectivity index (χ3v) is 4.12. The van der Waals surface area contributed by atoms with E-state index in [0.717, 1.165) is 29.9 Å². The van der Waals surface area contributed by atoms with Gasteiger partial charge in [-0.05, 0) is 57.1 Å². The molecule has 21 heavy (non-hydrogen) atoms. The molecule has 0 amide bonds. The molecule has 1 fully saturated rings. The molecule has 0 spiro atoms. The molecule has 2 rings (SSSR count). The van der Waals surface area contributed by atoms with Gasteiger partial charge in [-0.3, -0.25) is 0 Å². The first-order valence-electron chi connectivity index (χ1n) is 7.40. The Balaban J connectivity index is 2.27. The highest BCUT2D eigenvalue weighted by molar-refractivity contribution is 5.87. The minimum Gasteiger partial charge on any atom is -0.478 e. The van der Waals surface area contributed by atoms with E-state index in [1.807, 2.05) is 13.0 Å². The molecule has 1 saturated heterocycles. The number of carboxylic acid groups (broad SMARTS) is 1. The van der Waals surface area contributed by atoms with Gasteiger partial charge in [-0.25, -0.2) is 4.79 Å². The summed E-state index contributed by atoms with van der Waals surface area (Å²) in [7, 11) is 4.26. The fourth-order valence-corrected chi connectivity index (χ4v) is 2.94. The summed E-state index contributed by atoms with van der Waals surface area (Å²) < 4.78 is 0. The molecule has 1 unspecified atom stereocenters. The standard InChI is InChI=1S/C17H24N2O2/c1-13-6-8-16(14(11-13)7-9-17(20)21)19(3)15-5-4-10-18(2)12-15/h6-9,11,15H,4-5,10,12H2,1-3H3,(H,20,21)/b9-7+. The molecule has 0 aromatic heterocycles. The van der Waals surface area contributed by atoms with Gasteiger partial charge in [0.15, 0.2) is 0 Å². The molecule has 1 aromatic carbocycles. The van der Waals surface area contributed by atoms with Crippen LogP contribution in [0, 0.1) is 6.92 Å². The van der Waals surface area contributed by atoms with Crippen LogP contribution >= 0.6 is 0 Å². The smallest absolute Gasteiger partial charge is 0.328 e. The van der Waals surface area contributed by atoms with Crippen LogP contribution < -0.4 is 4.90 Å². The van der Waals surface area contributed by atoms with E-state index in [9.17, 15) is 4.79 Å². The minimum absolute atomic E-state index is 0.475. The largest absolute Gasteiger partial charge is 0.478 e. The molecule has 1 aliphatic heterocycles. The topological polar surface area (TPSA) is 43.8 Å². The summed E-state index contributed by atoms with van der Waals surface area (Å²) in [5, 5.41) is 8.85. The maximum atomic E-state index is 10.8. The lowest BCUT2D eigenvalue weighted by Crippen LogP contribution is -2.45. The number of carboxylic acids is 1. The van der Waals surface area contributed by atoms with Crippen LogP contribution in [-0.4, -0.2) is 49.2 Å². The number of aliphatic carboxylic acids is 1. The molecule has 0 radical (unpaired) electrons. The lowest BCUT2D eigenvalue weighted by Gasteiger charge is -2.37. The van der Waals surface area contributed by atoms with E-state index in [0.29, 0.717) is 6.04 Å². The third-order valence-electron chi connectivity index (χ3n) is 4.12. The fourth-order valence-electron chi connectivity index (χ4n) is 2.94. The maximum Gasteiger partial charge on any atom is 0.328 e. The summed E-state index contributed by atoms with van der Waals surface area (Å²) in [6.45, 7) is 4.23. The zero-order valence-electron chi connectivity index (χ0n) is 13.0. The molecule has 1 aromatic rings. The molecule has 0 saturated carbocycles. The summed E-state index contributed by atoms with van der Waals surface area (Å²) in [6.07, 6.45) is 5.28. The van der Waals surface area contributed by atoms with E-state index in [-0.39, 0.29) is 0 Å². The molecular weight excluding hydrogens is 264 g/mol. The van der Waals surface area contributed by atoms with Crippen molar-refractivity contribution in [1.82, 2.24) is 4.90 Å². The Morgan fingerprint density at radius 2 is 2.24 bits per heavy atom. The average molecular weight is 288 g/mol. The van der Waals surface area contributed by atoms with Crippen molar-refractivity contribution in [2.45, 2.75) is 25.8 Å². The van der Waals surface area contributed by atoms with Gasteiger partial charge in [0, 0.05) is 31.4 Å². The van der Waals surface area contributed by atoms with Crippen molar-refractivity contribution >= 4 is 17.7 Å². The first-order valence-corrected chi connectivity index (χ1v) is 7.40. The van der Waals surface area contributed by atoms with E-state index < -0.39 is 5.97 Å². The quantitative estimate of drug-likeness (QED) is 0.865. The number of likely N-dealkylation sites (N-methyl/N-ethyl adjacent to an activating group) is 2. The zero-order valence-corrected chi connectivity index (χ0v) is 13.0. The van der Waals surface area contributed by atoms with E-state index >= 15 is 0 Å². The molecule has 1 N–H and O–H groups in total. The number of likely N-dealkylation sites (tertiary alicyclic amines) is 1. The number of rotatable bonds is 4. The Kier molecular flexibility index (Phi) is 5.02. The normalized spacial score (nSPS) is 19.9. The van der Waals surface area contributed by atoms with Gasteiger partial charge < -0.3 is 14.9 Å². The molecule has 0 aliphatic carbocycles. The summed E-state index contributed by atoms with van der Waals surface area (Å²) in [6, 6.07) is 6.68. The van der Waals surface area contributed by atoms with E-state index in [1.165, 1.54) is 18.9 Å². The van der Waals surface area contributed by atoms with Crippen LogP contribution in [0.3, 0.4) is 0 Å². The average Bonchev–Trinajstić information content (AvgIpc) is 2.44. The number of benzene rings is 1. The number of hydrogen-bond donors (Lipinski definition) is 1. The van der Waals surface area contributed by atoms with E-state index in [2.05, 4.69) is 36.0 Å². The van der Waals surface area contributed by atoms with Gasteiger partial charge in [-0.2, -0.15) is 0 Å². The van der Waals surface area contributed by atoms with Crippen molar-refractivity contribution in [1.29, 1.82) is 0 Å². The number of carbonyl (C=O) groups is 1. The van der Waals surface area contributed by atoms with Crippen molar-refractivity contribution < 1.29 is 9.90 Å². The van der Waals surface area contributed by atoms with Crippen LogP contribution in [0.4, 0.5) is 5.69 Å². The van der Waals surface area contributed by atoms with Crippen molar-refractivity contribution in [3.63, 3.8) is 0 Å². The van der Waals surface area contributed by atoms with Gasteiger partial charge in [-0.15, -0.1) is 0 Å². The van der Waals surface area contributed by atoms with Crippen molar-refractivity contribution in [3.8, 4) is 0 Å². The number of piperidine rings is 1. The van der Waals surface area contributed by atoms with Gasteiger partial charge >= 0.3 is 5.97 Å². The lowest BCUT2D eigenvalue weighted by atomic mass is 10.0. The molecule has 0 bridgehead atoms. The Hall–Kier alpha value is -1.81. The highest BCUT2D eigenvalue weighted by Crippen LogP contribution is 2.26. The maximum absolute atomic E-state index is 10.8. The Morgan fingerprint density at radius 1 is 1.48 bits per heavy atom. The monoisotopic (exact) mass is 288 g/mol. The molecule has 1 heterocycles. The second-order valence-corrected chi connectivity index (χ2v) is 5.90. The highest BCUT2D eigenvalue weighted by Gasteiger charge is 2.22. The summed E-state index contributed by atoms with van der Waals surface area (Å²) in [4.78, 5) is 15.4. The SMILES string of the molecule is Cc1ccc(N(C)C2CCCN(C)C2)c(/C=C/C(=O)O)c1. The highest BCUT2D eigenvalue weighted by atomic mass is 16.4. The molecular formula is C17H24N2O2. The van der Waals surface area contributed by atoms with E-state index in [1.54, 1.807) is 6.08 Å². The van der Waals surface area contributed by atoms with Crippen molar-refractivity contribution in [3.05, 3.63) is 35.4 Å². The van der Waals surface area contributed by atoms with Crippen molar-refractivity contribution in [2.75, 3.05) is 32.1 Å². The van der Waals surface area contributed by atoms with Gasteiger partial charge in [0.25, 0.3) is 0 Å². The molecule has 4 nitrogen and oxygen atoms in total. The molecule has 1 atom stereocenters. The predicted molar refractivity (Wildman–Crippen MR) is 86.8 cm³/mol. The fraction of sp³-hybridized carbons (Fsp3) is 0.471. The third kappa shape index (κ3) is 4.08. The second-order valence-electron chi connectivity index (χ2n) is 5.90. The minimum atomic E-state index is -0.914. The summed E-state index contributed by atoms with van der Waals surface area (Å²) >= 11 is 0. The van der Waals surface area contributed by atoms with Crippen LogP contribution in [0.5, 0.6) is 0 Å². The number of aryl methyl sites for hydroxylation is 1. The summed E-state index contributed by atoms with van der Waals surface area (Å²) in [5.74, 6) is -0.914. The number of nitrogens with zero attached hydrogens (tertiary/aromatic N) is 2.